The Labute approximate surface area is 146 Å². The zero-order valence-electron chi connectivity index (χ0n) is 14.2. The second kappa shape index (κ2) is 6.93. The summed E-state index contributed by atoms with van der Waals surface area (Å²) in [5, 5.41) is 2.79. The average Bonchev–Trinajstić information content (AvgIpc) is 2.96. The third kappa shape index (κ3) is 3.63. The average molecular weight is 341 g/mol. The fourth-order valence-electron chi connectivity index (χ4n) is 2.84. The van der Waals surface area contributed by atoms with E-state index in [9.17, 15) is 14.0 Å². The minimum atomic E-state index is -0.564. The molecule has 1 N–H and O–H groups in total. The highest BCUT2D eigenvalue weighted by molar-refractivity contribution is 6.03. The lowest BCUT2D eigenvalue weighted by Crippen LogP contribution is -2.41. The predicted octanol–water partition coefficient (Wildman–Crippen LogP) is 2.43. The van der Waals surface area contributed by atoms with Crippen molar-refractivity contribution in [1.82, 2.24) is 5.32 Å². The van der Waals surface area contributed by atoms with Crippen LogP contribution in [0, 0.1) is 5.82 Å². The van der Waals surface area contributed by atoms with Crippen molar-refractivity contribution < 1.29 is 14.0 Å². The maximum Gasteiger partial charge on any atom is 0.251 e. The molecule has 0 unspecified atom stereocenters. The Balaban J connectivity index is 1.66. The fourth-order valence-corrected chi connectivity index (χ4v) is 2.84. The van der Waals surface area contributed by atoms with Gasteiger partial charge in [0.05, 0.1) is 0 Å². The highest BCUT2D eigenvalue weighted by Crippen LogP contribution is 2.22. The third-order valence-electron chi connectivity index (χ3n) is 4.30. The number of rotatable bonds is 4. The highest BCUT2D eigenvalue weighted by Gasteiger charge is 2.33. The molecule has 0 saturated carbocycles. The molecule has 0 aliphatic carbocycles. The molecule has 25 heavy (non-hydrogen) atoms. The normalized spacial score (nSPS) is 16.8. The minimum Gasteiger partial charge on any atom is -0.378 e. The van der Waals surface area contributed by atoms with Gasteiger partial charge in [-0.15, -0.1) is 0 Å². The zero-order valence-corrected chi connectivity index (χ0v) is 14.2. The SMILES string of the molecule is CN(C)c1ccc(C(=O)N[C@@H]2CCN(c3ccc(F)cc3)C2=O)cc1. The van der Waals surface area contributed by atoms with Gasteiger partial charge in [0, 0.05) is 37.6 Å². The molecule has 1 atom stereocenters. The summed E-state index contributed by atoms with van der Waals surface area (Å²) in [6.07, 6.45) is 0.526. The van der Waals surface area contributed by atoms with Gasteiger partial charge >= 0.3 is 0 Å². The van der Waals surface area contributed by atoms with Crippen LogP contribution in [-0.4, -0.2) is 38.5 Å². The molecule has 2 aromatic carbocycles. The van der Waals surface area contributed by atoms with E-state index >= 15 is 0 Å². The van der Waals surface area contributed by atoms with Gasteiger partial charge in [0.2, 0.25) is 5.91 Å². The van der Waals surface area contributed by atoms with Crippen molar-refractivity contribution in [3.8, 4) is 0 Å². The number of nitrogens with zero attached hydrogens (tertiary/aromatic N) is 2. The molecule has 1 heterocycles. The van der Waals surface area contributed by atoms with Crippen molar-refractivity contribution in [3.63, 3.8) is 0 Å². The van der Waals surface area contributed by atoms with Gasteiger partial charge in [-0.2, -0.15) is 0 Å². The summed E-state index contributed by atoms with van der Waals surface area (Å²) in [7, 11) is 3.85. The number of anilines is 2. The quantitative estimate of drug-likeness (QED) is 0.929. The molecule has 1 fully saturated rings. The maximum atomic E-state index is 13.0. The van der Waals surface area contributed by atoms with Crippen LogP contribution in [-0.2, 0) is 4.79 Å². The number of hydrogen-bond acceptors (Lipinski definition) is 3. The number of hydrogen-bond donors (Lipinski definition) is 1. The molecule has 2 amide bonds. The second-order valence-corrected chi connectivity index (χ2v) is 6.22. The Morgan fingerprint density at radius 2 is 1.76 bits per heavy atom. The molecule has 130 valence electrons. The lowest BCUT2D eigenvalue weighted by atomic mass is 10.1. The smallest absolute Gasteiger partial charge is 0.251 e. The molecular weight excluding hydrogens is 321 g/mol. The van der Waals surface area contributed by atoms with Crippen LogP contribution in [0.25, 0.3) is 0 Å². The van der Waals surface area contributed by atoms with Crippen LogP contribution in [0.5, 0.6) is 0 Å². The topological polar surface area (TPSA) is 52.7 Å². The van der Waals surface area contributed by atoms with Crippen molar-refractivity contribution in [2.24, 2.45) is 0 Å². The molecule has 3 rings (SSSR count). The molecule has 1 aliphatic rings. The number of amides is 2. The van der Waals surface area contributed by atoms with Crippen LogP contribution in [0.2, 0.25) is 0 Å². The molecule has 0 radical (unpaired) electrons. The summed E-state index contributed by atoms with van der Waals surface area (Å²) in [5.74, 6) is -0.795. The van der Waals surface area contributed by atoms with E-state index in [1.165, 1.54) is 12.1 Å². The lowest BCUT2D eigenvalue weighted by molar-refractivity contribution is -0.118. The minimum absolute atomic E-state index is 0.176. The van der Waals surface area contributed by atoms with Crippen LogP contribution in [0.3, 0.4) is 0 Å². The Kier molecular flexibility index (Phi) is 4.70. The van der Waals surface area contributed by atoms with E-state index in [1.54, 1.807) is 29.2 Å². The van der Waals surface area contributed by atoms with Crippen molar-refractivity contribution in [1.29, 1.82) is 0 Å². The van der Waals surface area contributed by atoms with Crippen molar-refractivity contribution in [2.45, 2.75) is 12.5 Å². The molecule has 0 spiro atoms. The maximum absolute atomic E-state index is 13.0. The standard InChI is InChI=1S/C19H20FN3O2/c1-22(2)15-7-3-13(4-8-15)18(24)21-17-11-12-23(19(17)25)16-9-5-14(20)6-10-16/h3-10,17H,11-12H2,1-2H3,(H,21,24)/t17-/m1/s1. The second-order valence-electron chi connectivity index (χ2n) is 6.22. The predicted molar refractivity (Wildman–Crippen MR) is 95.4 cm³/mol. The molecule has 5 nitrogen and oxygen atoms in total. The molecule has 1 saturated heterocycles. The Bertz CT molecular complexity index is 772. The summed E-state index contributed by atoms with van der Waals surface area (Å²) in [6, 6.07) is 12.4. The Morgan fingerprint density at radius 1 is 1.12 bits per heavy atom. The number of carbonyl (C=O) groups excluding carboxylic acids is 2. The highest BCUT2D eigenvalue weighted by atomic mass is 19.1. The molecule has 1 aliphatic heterocycles. The largest absolute Gasteiger partial charge is 0.378 e. The number of nitrogens with one attached hydrogen (secondary N) is 1. The van der Waals surface area contributed by atoms with Gasteiger partial charge in [-0.1, -0.05) is 0 Å². The van der Waals surface area contributed by atoms with Gasteiger partial charge in [-0.25, -0.2) is 4.39 Å². The van der Waals surface area contributed by atoms with Crippen molar-refractivity contribution in [3.05, 3.63) is 59.9 Å². The Hall–Kier alpha value is -2.89. The van der Waals surface area contributed by atoms with Crippen molar-refractivity contribution >= 4 is 23.2 Å². The molecule has 0 bridgehead atoms. The first-order chi connectivity index (χ1) is 12.0. The van der Waals surface area contributed by atoms with Gasteiger partial charge < -0.3 is 15.1 Å². The van der Waals surface area contributed by atoms with Crippen LogP contribution >= 0.6 is 0 Å². The van der Waals surface area contributed by atoms with Crippen LogP contribution in [0.15, 0.2) is 48.5 Å². The molecular formula is C19H20FN3O2. The van der Waals surface area contributed by atoms with E-state index in [0.717, 1.165) is 5.69 Å². The zero-order chi connectivity index (χ0) is 18.0. The lowest BCUT2D eigenvalue weighted by Gasteiger charge is -2.17. The van der Waals surface area contributed by atoms with Crippen molar-refractivity contribution in [2.75, 3.05) is 30.4 Å². The van der Waals surface area contributed by atoms with E-state index in [1.807, 2.05) is 31.1 Å². The first-order valence-electron chi connectivity index (χ1n) is 8.11. The monoisotopic (exact) mass is 341 g/mol. The van der Waals surface area contributed by atoms with Gasteiger partial charge in [-0.3, -0.25) is 9.59 Å². The van der Waals surface area contributed by atoms with E-state index in [4.69, 9.17) is 0 Å². The van der Waals surface area contributed by atoms with E-state index in [-0.39, 0.29) is 17.6 Å². The summed E-state index contributed by atoms with van der Waals surface area (Å²) in [5.41, 5.74) is 2.15. The van der Waals surface area contributed by atoms with Gasteiger partial charge in [0.1, 0.15) is 11.9 Å². The first kappa shape index (κ1) is 17.0. The summed E-state index contributed by atoms with van der Waals surface area (Å²) in [6.45, 7) is 0.495. The summed E-state index contributed by atoms with van der Waals surface area (Å²) < 4.78 is 13.0. The summed E-state index contributed by atoms with van der Waals surface area (Å²) in [4.78, 5) is 28.4. The molecule has 6 heteroatoms. The van der Waals surface area contributed by atoms with Crippen LogP contribution < -0.4 is 15.1 Å². The van der Waals surface area contributed by atoms with E-state index < -0.39 is 6.04 Å². The van der Waals surface area contributed by atoms with Gasteiger partial charge in [-0.05, 0) is 55.0 Å². The van der Waals surface area contributed by atoms with E-state index in [2.05, 4.69) is 5.32 Å². The number of halogens is 1. The van der Waals surface area contributed by atoms with Crippen LogP contribution in [0.1, 0.15) is 16.8 Å². The van der Waals surface area contributed by atoms with Gasteiger partial charge in [0.25, 0.3) is 5.91 Å². The first-order valence-corrected chi connectivity index (χ1v) is 8.11. The number of benzene rings is 2. The van der Waals surface area contributed by atoms with Gasteiger partial charge in [0.15, 0.2) is 0 Å². The fraction of sp³-hybridized carbons (Fsp3) is 0.263. The summed E-state index contributed by atoms with van der Waals surface area (Å²) >= 11 is 0. The molecule has 0 aromatic heterocycles. The number of carbonyl (C=O) groups is 2. The molecule has 2 aromatic rings. The Morgan fingerprint density at radius 3 is 2.36 bits per heavy atom. The van der Waals surface area contributed by atoms with Crippen LogP contribution in [0.4, 0.5) is 15.8 Å². The van der Waals surface area contributed by atoms with E-state index in [0.29, 0.717) is 24.2 Å². The third-order valence-corrected chi connectivity index (χ3v) is 4.30.